The number of rotatable bonds is 2. The molecule has 1 heterocycles. The van der Waals surface area contributed by atoms with E-state index in [0.717, 1.165) is 35.0 Å². The molecule has 1 aliphatic rings. The first-order valence-corrected chi connectivity index (χ1v) is 8.66. The van der Waals surface area contributed by atoms with E-state index >= 15 is 0 Å². The summed E-state index contributed by atoms with van der Waals surface area (Å²) in [4.78, 5) is 14.0. The quantitative estimate of drug-likeness (QED) is 0.772. The number of thiophene rings is 1. The predicted molar refractivity (Wildman–Crippen MR) is 91.9 cm³/mol. The van der Waals surface area contributed by atoms with Crippen LogP contribution >= 0.6 is 27.3 Å². The topological polar surface area (TPSA) is 55.1 Å². The minimum atomic E-state index is -0.0533. The average molecular weight is 365 g/mol. The van der Waals surface area contributed by atoms with Gasteiger partial charge in [0.2, 0.25) is 5.91 Å². The lowest BCUT2D eigenvalue weighted by Gasteiger charge is -2.23. The molecule has 0 spiro atoms. The smallest absolute Gasteiger partial charge is 0.232 e. The van der Waals surface area contributed by atoms with E-state index in [0.29, 0.717) is 5.69 Å². The van der Waals surface area contributed by atoms with Gasteiger partial charge in [-0.25, -0.2) is 0 Å². The number of amides is 1. The molecule has 0 radical (unpaired) electrons. The SMILES string of the molecule is Cc1cc(Br)cc(N)c1NC(=O)C1CCCc2sccc21. The summed E-state index contributed by atoms with van der Waals surface area (Å²) in [7, 11) is 0. The van der Waals surface area contributed by atoms with Crippen LogP contribution in [-0.2, 0) is 11.2 Å². The highest BCUT2D eigenvalue weighted by atomic mass is 79.9. The standard InChI is InChI=1S/C16H17BrN2OS/c1-9-7-10(17)8-13(18)15(9)19-16(20)12-3-2-4-14-11(12)5-6-21-14/h5-8,12H,2-4,18H2,1H3,(H,19,20). The van der Waals surface area contributed by atoms with Crippen molar-refractivity contribution in [3.05, 3.63) is 44.1 Å². The minimum Gasteiger partial charge on any atom is -0.397 e. The van der Waals surface area contributed by atoms with Crippen molar-refractivity contribution in [2.75, 3.05) is 11.1 Å². The minimum absolute atomic E-state index is 0.0477. The predicted octanol–water partition coefficient (Wildman–Crippen LogP) is 4.46. The number of hydrogen-bond acceptors (Lipinski definition) is 3. The van der Waals surface area contributed by atoms with E-state index < -0.39 is 0 Å². The molecule has 1 atom stereocenters. The van der Waals surface area contributed by atoms with E-state index in [-0.39, 0.29) is 11.8 Å². The first-order chi connectivity index (χ1) is 10.1. The highest BCUT2D eigenvalue weighted by molar-refractivity contribution is 9.10. The molecular formula is C16H17BrN2OS. The number of halogens is 1. The van der Waals surface area contributed by atoms with Crippen LogP contribution in [0.1, 0.15) is 34.8 Å². The van der Waals surface area contributed by atoms with Crippen LogP contribution < -0.4 is 11.1 Å². The lowest BCUT2D eigenvalue weighted by Crippen LogP contribution is -2.24. The van der Waals surface area contributed by atoms with Crippen LogP contribution in [-0.4, -0.2) is 5.91 Å². The number of benzene rings is 1. The molecule has 110 valence electrons. The molecule has 5 heteroatoms. The zero-order valence-corrected chi connectivity index (χ0v) is 14.2. The van der Waals surface area contributed by atoms with Gasteiger partial charge in [-0.3, -0.25) is 4.79 Å². The van der Waals surface area contributed by atoms with Crippen molar-refractivity contribution in [1.29, 1.82) is 0 Å². The van der Waals surface area contributed by atoms with E-state index in [9.17, 15) is 4.79 Å². The van der Waals surface area contributed by atoms with Gasteiger partial charge in [-0.1, -0.05) is 15.9 Å². The molecule has 1 aromatic heterocycles. The summed E-state index contributed by atoms with van der Waals surface area (Å²) >= 11 is 5.16. The summed E-state index contributed by atoms with van der Waals surface area (Å²) in [6.07, 6.45) is 3.07. The van der Waals surface area contributed by atoms with Crippen LogP contribution in [0.3, 0.4) is 0 Å². The molecule has 1 unspecified atom stereocenters. The molecule has 1 amide bonds. The molecule has 2 aromatic rings. The van der Waals surface area contributed by atoms with E-state index in [1.165, 1.54) is 10.4 Å². The summed E-state index contributed by atoms with van der Waals surface area (Å²) in [5.41, 5.74) is 9.51. The Labute approximate surface area is 136 Å². The van der Waals surface area contributed by atoms with Gasteiger partial charge in [0.05, 0.1) is 17.3 Å². The van der Waals surface area contributed by atoms with Gasteiger partial charge in [0.25, 0.3) is 0 Å². The van der Waals surface area contributed by atoms with Gasteiger partial charge in [-0.15, -0.1) is 11.3 Å². The molecular weight excluding hydrogens is 348 g/mol. The van der Waals surface area contributed by atoms with Crippen molar-refractivity contribution in [2.45, 2.75) is 32.1 Å². The number of nitrogen functional groups attached to an aromatic ring is 1. The Kier molecular flexibility index (Phi) is 4.04. The van der Waals surface area contributed by atoms with Gasteiger partial charge in [0.15, 0.2) is 0 Å². The molecule has 0 aliphatic heterocycles. The molecule has 3 N–H and O–H groups in total. The van der Waals surface area contributed by atoms with Crippen molar-refractivity contribution >= 4 is 44.5 Å². The van der Waals surface area contributed by atoms with Gasteiger partial charge < -0.3 is 11.1 Å². The normalized spacial score (nSPS) is 17.3. The fourth-order valence-corrected chi connectivity index (χ4v) is 4.49. The zero-order chi connectivity index (χ0) is 15.0. The van der Waals surface area contributed by atoms with Crippen molar-refractivity contribution in [3.63, 3.8) is 0 Å². The highest BCUT2D eigenvalue weighted by Crippen LogP contribution is 2.36. The molecule has 0 saturated heterocycles. The van der Waals surface area contributed by atoms with Gasteiger partial charge in [0, 0.05) is 9.35 Å². The molecule has 0 bridgehead atoms. The first-order valence-electron chi connectivity index (χ1n) is 6.99. The summed E-state index contributed by atoms with van der Waals surface area (Å²) in [5.74, 6) is -0.00563. The van der Waals surface area contributed by atoms with E-state index in [1.807, 2.05) is 19.1 Å². The fraction of sp³-hybridized carbons (Fsp3) is 0.312. The average Bonchev–Trinajstić information content (AvgIpc) is 2.90. The molecule has 3 nitrogen and oxygen atoms in total. The molecule has 0 fully saturated rings. The molecule has 3 rings (SSSR count). The maximum Gasteiger partial charge on any atom is 0.232 e. The number of hydrogen-bond donors (Lipinski definition) is 2. The van der Waals surface area contributed by atoms with E-state index in [1.54, 1.807) is 11.3 Å². The third-order valence-corrected chi connectivity index (χ3v) is 5.40. The number of anilines is 2. The van der Waals surface area contributed by atoms with Crippen molar-refractivity contribution in [1.82, 2.24) is 0 Å². The monoisotopic (exact) mass is 364 g/mol. The molecule has 1 aromatic carbocycles. The van der Waals surface area contributed by atoms with Crippen LogP contribution in [0.5, 0.6) is 0 Å². The van der Waals surface area contributed by atoms with Crippen LogP contribution in [0.2, 0.25) is 0 Å². The third kappa shape index (κ3) is 2.85. The molecule has 1 aliphatic carbocycles. The fourth-order valence-electron chi connectivity index (χ4n) is 2.91. The lowest BCUT2D eigenvalue weighted by molar-refractivity contribution is -0.117. The lowest BCUT2D eigenvalue weighted by atomic mass is 9.87. The van der Waals surface area contributed by atoms with Gasteiger partial charge in [-0.2, -0.15) is 0 Å². The summed E-state index contributed by atoms with van der Waals surface area (Å²) in [6.45, 7) is 1.95. The molecule has 0 saturated carbocycles. The zero-order valence-electron chi connectivity index (χ0n) is 11.8. The Morgan fingerprint density at radius 1 is 1.48 bits per heavy atom. The maximum atomic E-state index is 12.6. The van der Waals surface area contributed by atoms with E-state index in [4.69, 9.17) is 5.73 Å². The van der Waals surface area contributed by atoms with Gasteiger partial charge in [0.1, 0.15) is 0 Å². The second kappa shape index (κ2) is 5.81. The molecule has 21 heavy (non-hydrogen) atoms. The Morgan fingerprint density at radius 2 is 2.29 bits per heavy atom. The van der Waals surface area contributed by atoms with Crippen LogP contribution in [0.15, 0.2) is 28.1 Å². The van der Waals surface area contributed by atoms with Crippen molar-refractivity contribution in [2.24, 2.45) is 0 Å². The van der Waals surface area contributed by atoms with Crippen LogP contribution in [0.25, 0.3) is 0 Å². The Balaban J connectivity index is 1.86. The van der Waals surface area contributed by atoms with Gasteiger partial charge >= 0.3 is 0 Å². The summed E-state index contributed by atoms with van der Waals surface area (Å²) < 4.78 is 0.924. The number of fused-ring (bicyclic) bond motifs is 1. The highest BCUT2D eigenvalue weighted by Gasteiger charge is 2.27. The van der Waals surface area contributed by atoms with Crippen LogP contribution in [0.4, 0.5) is 11.4 Å². The van der Waals surface area contributed by atoms with Gasteiger partial charge in [-0.05, 0) is 60.9 Å². The number of carbonyl (C=O) groups excluding carboxylic acids is 1. The second-order valence-electron chi connectivity index (χ2n) is 5.42. The number of carbonyl (C=O) groups is 1. The second-order valence-corrected chi connectivity index (χ2v) is 7.34. The first kappa shape index (κ1) is 14.6. The van der Waals surface area contributed by atoms with Crippen LogP contribution in [0, 0.1) is 6.92 Å². The Morgan fingerprint density at radius 3 is 3.05 bits per heavy atom. The summed E-state index contributed by atoms with van der Waals surface area (Å²) in [6, 6.07) is 5.86. The van der Waals surface area contributed by atoms with Crippen molar-refractivity contribution < 1.29 is 4.79 Å². The maximum absolute atomic E-state index is 12.6. The Bertz CT molecular complexity index is 672. The van der Waals surface area contributed by atoms with E-state index in [2.05, 4.69) is 32.7 Å². The summed E-state index contributed by atoms with van der Waals surface area (Å²) in [5, 5.41) is 5.10. The number of nitrogens with one attached hydrogen (secondary N) is 1. The third-order valence-electron chi connectivity index (χ3n) is 3.95. The largest absolute Gasteiger partial charge is 0.397 e. The Hall–Kier alpha value is -1.33. The van der Waals surface area contributed by atoms with Crippen molar-refractivity contribution in [3.8, 4) is 0 Å². The number of nitrogens with two attached hydrogens (primary N) is 1. The number of aryl methyl sites for hydroxylation is 2.